The largest absolute Gasteiger partial charge is 0.383 e. The molecule has 2 aromatic carbocycles. The third-order valence-electron chi connectivity index (χ3n) is 18.3. The molecule has 4 aromatic heterocycles. The molecule has 5 N–H and O–H groups in total. The summed E-state index contributed by atoms with van der Waals surface area (Å²) in [5.41, 5.74) is 8.72. The van der Waals surface area contributed by atoms with E-state index in [1.54, 1.807) is 19.5 Å². The molecule has 0 saturated heterocycles. The first-order valence-electron chi connectivity index (χ1n) is 29.9. The Labute approximate surface area is 481 Å². The molecule has 2 atom stereocenters. The fourth-order valence-corrected chi connectivity index (χ4v) is 13.3. The van der Waals surface area contributed by atoms with Crippen LogP contribution in [0.5, 0.6) is 0 Å². The molecule has 19 nitrogen and oxygen atoms in total. The van der Waals surface area contributed by atoms with Crippen LogP contribution in [0.1, 0.15) is 159 Å². The van der Waals surface area contributed by atoms with E-state index in [9.17, 15) is 20.1 Å². The van der Waals surface area contributed by atoms with Gasteiger partial charge in [0.15, 0.2) is 11.6 Å². The maximum Gasteiger partial charge on any atom is 0.227 e. The van der Waals surface area contributed by atoms with Crippen LogP contribution in [0.4, 0.5) is 35.2 Å². The number of H-pyrrole nitrogens is 2. The highest BCUT2D eigenvalue weighted by Gasteiger charge is 2.34. The number of rotatable bonds is 19. The van der Waals surface area contributed by atoms with Crippen molar-refractivity contribution in [3.05, 3.63) is 118 Å². The van der Waals surface area contributed by atoms with Crippen LogP contribution >= 0.6 is 0 Å². The van der Waals surface area contributed by atoms with E-state index in [0.717, 1.165) is 94.5 Å². The van der Waals surface area contributed by atoms with E-state index in [4.69, 9.17) is 14.7 Å². The van der Waals surface area contributed by atoms with Gasteiger partial charge < -0.3 is 35.4 Å². The third-order valence-corrected chi connectivity index (χ3v) is 18.3. The van der Waals surface area contributed by atoms with E-state index >= 15 is 0 Å². The van der Waals surface area contributed by atoms with Gasteiger partial charge in [-0.1, -0.05) is 25.0 Å². The summed E-state index contributed by atoms with van der Waals surface area (Å²) in [6.07, 6.45) is 23.6. The number of likely N-dealkylation sites (N-methyl/N-ethyl adjacent to an activating group) is 1. The Kier molecular flexibility index (Phi) is 17.7. The number of benzene rings is 2. The van der Waals surface area contributed by atoms with Gasteiger partial charge in [0.05, 0.1) is 29.9 Å². The quantitative estimate of drug-likeness (QED) is 0.0507. The number of ether oxygens (including phenoxy) is 1. The van der Waals surface area contributed by atoms with Crippen molar-refractivity contribution in [2.24, 2.45) is 11.8 Å². The standard InChI is InChI=1S/C32H40N8O.C31H38N8O2/c1-39(27-17-24-10-7-22(20-33)15-25(24)18-27)31(41)16-21-8-11-26(12-9-21)40(2)32-34-14-13-29(36-32)35-30-19-28(37-38-30)23-5-3-4-6-23;1-41-13-12-39(31-33-11-10-28(36-31)35-29-18-27(37-38-29)22-4-5-22)26-8-6-25(7-9-26)34-30(40)17-21-15-23-3-2-20(19-32)14-24(23)16-21/h7,10,13-15,19,21,23,26-27H,3-6,8-9,11-12,16-18H2,1-2H3,(H2,34,35,36,37,38);2-3,10-11,14,18,21-22,25-26H,4-9,12-13,15-17H2,1H3,(H,34,40)(H2,33,35,36,37,38). The molecular weight excluding hydrogens is 1030 g/mol. The first-order chi connectivity index (χ1) is 40.0. The molecule has 2 unspecified atom stereocenters. The van der Waals surface area contributed by atoms with Crippen LogP contribution in [0.3, 0.4) is 0 Å². The first kappa shape index (κ1) is 56.0. The van der Waals surface area contributed by atoms with Gasteiger partial charge in [0.1, 0.15) is 11.6 Å². The summed E-state index contributed by atoms with van der Waals surface area (Å²) in [7, 11) is 5.73. The van der Waals surface area contributed by atoms with Gasteiger partial charge in [-0.05, 0) is 173 Å². The van der Waals surface area contributed by atoms with Crippen LogP contribution < -0.4 is 25.8 Å². The smallest absolute Gasteiger partial charge is 0.227 e. The van der Waals surface area contributed by atoms with E-state index in [1.807, 2.05) is 60.5 Å². The topological polar surface area (TPSA) is 246 Å². The summed E-state index contributed by atoms with van der Waals surface area (Å²) in [4.78, 5) is 51.3. The number of carbonyl (C=O) groups is 2. The summed E-state index contributed by atoms with van der Waals surface area (Å²) in [6.45, 7) is 1.28. The number of amides is 2. The second kappa shape index (κ2) is 25.9. The van der Waals surface area contributed by atoms with Crippen LogP contribution in [0.25, 0.3) is 0 Å². The van der Waals surface area contributed by atoms with Crippen LogP contribution in [0.2, 0.25) is 0 Å². The van der Waals surface area contributed by atoms with E-state index in [0.29, 0.717) is 84.5 Å². The van der Waals surface area contributed by atoms with E-state index in [2.05, 4.69) is 87.4 Å². The Morgan fingerprint density at radius 3 is 1.79 bits per heavy atom. The van der Waals surface area contributed by atoms with Crippen molar-refractivity contribution in [2.75, 3.05) is 54.8 Å². The maximum atomic E-state index is 13.2. The van der Waals surface area contributed by atoms with Crippen molar-refractivity contribution in [2.45, 2.75) is 164 Å². The van der Waals surface area contributed by atoms with Gasteiger partial charge in [-0.15, -0.1) is 0 Å². The SMILES string of the molecule is CN(C(=O)CC1CCC(N(C)c2nccc(Nc3cc(C4CCCC4)[nH]n3)n2)CC1)C1Cc2ccc(C#N)cc2C1.COCCN(c1nccc(Nc2cc(C3CC3)[nH]n2)n1)C1CCC(NC(=O)CC2Cc3ccc(C#N)cc3C2)CC1. The van der Waals surface area contributed by atoms with Gasteiger partial charge >= 0.3 is 0 Å². The highest BCUT2D eigenvalue weighted by molar-refractivity contribution is 5.77. The van der Waals surface area contributed by atoms with Crippen molar-refractivity contribution < 1.29 is 14.3 Å². The van der Waals surface area contributed by atoms with Gasteiger partial charge in [-0.25, -0.2) is 9.97 Å². The number of aromatic nitrogens is 8. The van der Waals surface area contributed by atoms with Crippen LogP contribution in [0, 0.1) is 34.5 Å². The molecule has 2 amide bonds. The normalized spacial score (nSPS) is 21.9. The minimum absolute atomic E-state index is 0.133. The van der Waals surface area contributed by atoms with Gasteiger partial charge in [0, 0.05) is 113 Å². The molecule has 19 heteroatoms. The number of carbonyl (C=O) groups excluding carboxylic acids is 2. The van der Waals surface area contributed by atoms with Gasteiger partial charge in [0.2, 0.25) is 23.7 Å². The highest BCUT2D eigenvalue weighted by atomic mass is 16.5. The predicted molar refractivity (Wildman–Crippen MR) is 315 cm³/mol. The number of hydrogen-bond donors (Lipinski definition) is 5. The number of nitrogens with zero attached hydrogens (tertiary/aromatic N) is 11. The molecule has 6 aromatic rings. The lowest BCUT2D eigenvalue weighted by Crippen LogP contribution is -2.46. The number of methoxy groups -OCH3 is 1. The Bertz CT molecular complexity index is 3240. The van der Waals surface area contributed by atoms with Crippen molar-refractivity contribution in [3.8, 4) is 12.1 Å². The first-order valence-corrected chi connectivity index (χ1v) is 29.9. The monoisotopic (exact) mass is 1110 g/mol. The Morgan fingerprint density at radius 1 is 0.610 bits per heavy atom. The van der Waals surface area contributed by atoms with Crippen molar-refractivity contribution >= 4 is 47.0 Å². The summed E-state index contributed by atoms with van der Waals surface area (Å²) < 4.78 is 5.42. The third kappa shape index (κ3) is 13.9. The molecule has 12 rings (SSSR count). The molecule has 0 bridgehead atoms. The van der Waals surface area contributed by atoms with Crippen molar-refractivity contribution in [1.29, 1.82) is 10.5 Å². The predicted octanol–water partition coefficient (Wildman–Crippen LogP) is 9.86. The number of anilines is 6. The van der Waals surface area contributed by atoms with Gasteiger partial charge in [-0.3, -0.25) is 19.8 Å². The lowest BCUT2D eigenvalue weighted by molar-refractivity contribution is -0.133. The number of hydrogen-bond acceptors (Lipinski definition) is 15. The maximum absolute atomic E-state index is 13.2. The molecule has 82 heavy (non-hydrogen) atoms. The summed E-state index contributed by atoms with van der Waals surface area (Å²) in [5, 5.41) is 43.5. The molecular formula is C63H78N16O3. The molecule has 4 saturated carbocycles. The van der Waals surface area contributed by atoms with Crippen molar-refractivity contribution in [3.63, 3.8) is 0 Å². The fourth-order valence-electron chi connectivity index (χ4n) is 13.3. The number of nitrogens with one attached hydrogen (secondary N) is 5. The van der Waals surface area contributed by atoms with Crippen LogP contribution in [-0.4, -0.2) is 116 Å². The second-order valence-corrected chi connectivity index (χ2v) is 23.9. The highest BCUT2D eigenvalue weighted by Crippen LogP contribution is 2.40. The van der Waals surface area contributed by atoms with Crippen LogP contribution in [0.15, 0.2) is 73.1 Å². The molecule has 4 heterocycles. The zero-order chi connectivity index (χ0) is 56.5. The zero-order valence-corrected chi connectivity index (χ0v) is 47.7. The summed E-state index contributed by atoms with van der Waals surface area (Å²) in [5.74, 6) is 6.69. The number of nitriles is 2. The van der Waals surface area contributed by atoms with Crippen molar-refractivity contribution in [1.82, 2.24) is 50.5 Å². The van der Waals surface area contributed by atoms with Crippen LogP contribution in [-0.2, 0) is 40.0 Å². The summed E-state index contributed by atoms with van der Waals surface area (Å²) in [6, 6.07) is 25.1. The Morgan fingerprint density at radius 2 is 1.17 bits per heavy atom. The molecule has 4 fully saturated rings. The average molecular weight is 1110 g/mol. The average Bonchev–Trinajstić information content (AvgIpc) is 4.12. The van der Waals surface area contributed by atoms with E-state index in [1.165, 1.54) is 72.2 Å². The number of aromatic amines is 2. The molecule has 0 radical (unpaired) electrons. The van der Waals surface area contributed by atoms with Gasteiger partial charge in [0.25, 0.3) is 0 Å². The lowest BCUT2D eigenvalue weighted by Gasteiger charge is -2.37. The molecule has 428 valence electrons. The molecule has 0 spiro atoms. The number of fused-ring (bicyclic) bond motifs is 2. The van der Waals surface area contributed by atoms with Gasteiger partial charge in [-0.2, -0.15) is 30.7 Å². The molecule has 6 aliphatic carbocycles. The zero-order valence-electron chi connectivity index (χ0n) is 47.7. The Balaban J connectivity index is 0.000000172. The summed E-state index contributed by atoms with van der Waals surface area (Å²) >= 11 is 0. The second-order valence-electron chi connectivity index (χ2n) is 23.9. The van der Waals surface area contributed by atoms with E-state index < -0.39 is 0 Å². The Hall–Kier alpha value is -7.90. The molecule has 0 aliphatic heterocycles. The minimum atomic E-state index is 0.133. The molecule has 6 aliphatic rings. The fraction of sp³-hybridized carbons (Fsp3) is 0.524. The minimum Gasteiger partial charge on any atom is -0.383 e. The van der Waals surface area contributed by atoms with E-state index in [-0.39, 0.29) is 29.9 Å². The lowest BCUT2D eigenvalue weighted by atomic mass is 9.83.